The lowest BCUT2D eigenvalue weighted by molar-refractivity contribution is 0.0176. The molecule has 0 saturated heterocycles. The average molecular weight is 371 g/mol. The lowest BCUT2D eigenvalue weighted by Gasteiger charge is -2.33. The Hall–Kier alpha value is -2.29. The monoisotopic (exact) mass is 371 g/mol. The van der Waals surface area contributed by atoms with Gasteiger partial charge < -0.3 is 20.5 Å². The number of alkyl halides is 2. The third-order valence-corrected chi connectivity index (χ3v) is 4.65. The van der Waals surface area contributed by atoms with Crippen LogP contribution in [0.2, 0.25) is 0 Å². The number of carbonyl (C=O) groups is 1. The van der Waals surface area contributed by atoms with Crippen LogP contribution in [0.25, 0.3) is 0 Å². The SMILES string of the molecule is COCC(C)NC(=O)c1ccc(F)c([C@@]2(C(F)F)N=C(N)O[C@@H]3C[C@@H]32)c1. The van der Waals surface area contributed by atoms with Gasteiger partial charge in [0.1, 0.15) is 11.9 Å². The molecule has 6 nitrogen and oxygen atoms in total. The first-order chi connectivity index (χ1) is 12.3. The first-order valence-corrected chi connectivity index (χ1v) is 8.19. The molecule has 0 aromatic heterocycles. The van der Waals surface area contributed by atoms with Crippen LogP contribution in [-0.4, -0.2) is 44.2 Å². The lowest BCUT2D eigenvalue weighted by atomic mass is 9.84. The number of nitrogens with zero attached hydrogens (tertiary/aromatic N) is 1. The number of halogens is 3. The maximum Gasteiger partial charge on any atom is 0.283 e. The maximum absolute atomic E-state index is 14.5. The second-order valence-corrected chi connectivity index (χ2v) is 6.60. The van der Waals surface area contributed by atoms with Gasteiger partial charge in [-0.2, -0.15) is 0 Å². The largest absolute Gasteiger partial charge is 0.462 e. The molecule has 1 saturated carbocycles. The van der Waals surface area contributed by atoms with Crippen molar-refractivity contribution in [1.82, 2.24) is 5.32 Å². The number of methoxy groups -OCH3 is 1. The first-order valence-electron chi connectivity index (χ1n) is 8.19. The van der Waals surface area contributed by atoms with Gasteiger partial charge in [0.15, 0.2) is 5.54 Å². The van der Waals surface area contributed by atoms with E-state index in [9.17, 15) is 18.0 Å². The third kappa shape index (κ3) is 3.11. The highest BCUT2D eigenvalue weighted by Gasteiger charge is 2.64. The van der Waals surface area contributed by atoms with Crippen LogP contribution in [0, 0.1) is 11.7 Å². The second kappa shape index (κ2) is 6.79. The Morgan fingerprint density at radius 1 is 1.54 bits per heavy atom. The fraction of sp³-hybridized carbons (Fsp3) is 0.529. The summed E-state index contributed by atoms with van der Waals surface area (Å²) in [6.45, 7) is 2.01. The number of hydrogen-bond donors (Lipinski definition) is 2. The normalized spacial score (nSPS) is 28.0. The van der Waals surface area contributed by atoms with Crippen molar-refractivity contribution in [3.8, 4) is 0 Å². The predicted molar refractivity (Wildman–Crippen MR) is 87.5 cm³/mol. The van der Waals surface area contributed by atoms with Crippen molar-refractivity contribution < 1.29 is 27.4 Å². The quantitative estimate of drug-likeness (QED) is 0.798. The number of aliphatic imine (C=N–C) groups is 1. The van der Waals surface area contributed by atoms with Gasteiger partial charge in [-0.05, 0) is 31.5 Å². The minimum atomic E-state index is -3.00. The zero-order valence-corrected chi connectivity index (χ0v) is 14.3. The summed E-state index contributed by atoms with van der Waals surface area (Å²) in [5.74, 6) is -2.07. The van der Waals surface area contributed by atoms with Crippen LogP contribution in [0.1, 0.15) is 29.3 Å². The van der Waals surface area contributed by atoms with E-state index in [1.54, 1.807) is 6.92 Å². The number of amidine groups is 1. The standard InChI is InChI=1S/C17H20F3N3O3/c1-8(7-25-2)22-14(24)9-3-4-12(18)10(5-9)17(15(19)20)11-6-13(11)26-16(21)23-17/h3-5,8,11,13,15H,6-7H2,1-2H3,(H2,21,23)(H,22,24)/t8?,11-,13+,17+/m0/s1. The number of hydrogen-bond acceptors (Lipinski definition) is 5. The van der Waals surface area contributed by atoms with Gasteiger partial charge in [0.05, 0.1) is 6.61 Å². The van der Waals surface area contributed by atoms with Gasteiger partial charge in [-0.25, -0.2) is 18.2 Å². The smallest absolute Gasteiger partial charge is 0.283 e. The Bertz CT molecular complexity index is 743. The van der Waals surface area contributed by atoms with E-state index in [-0.39, 0.29) is 23.8 Å². The molecule has 142 valence electrons. The summed E-state index contributed by atoms with van der Waals surface area (Å²) in [4.78, 5) is 16.1. The summed E-state index contributed by atoms with van der Waals surface area (Å²) in [5.41, 5.74) is 3.09. The summed E-state index contributed by atoms with van der Waals surface area (Å²) in [7, 11) is 1.49. The van der Waals surface area contributed by atoms with Crippen LogP contribution in [0.5, 0.6) is 0 Å². The summed E-state index contributed by atoms with van der Waals surface area (Å²) in [5, 5.41) is 2.66. The Balaban J connectivity index is 1.99. The molecule has 1 aromatic rings. The molecule has 26 heavy (non-hydrogen) atoms. The van der Waals surface area contributed by atoms with E-state index in [4.69, 9.17) is 15.2 Å². The van der Waals surface area contributed by atoms with Crippen LogP contribution in [0.15, 0.2) is 23.2 Å². The first kappa shape index (κ1) is 18.5. The van der Waals surface area contributed by atoms with Crippen LogP contribution < -0.4 is 11.1 Å². The van der Waals surface area contributed by atoms with Gasteiger partial charge in [-0.1, -0.05) is 0 Å². The van der Waals surface area contributed by atoms with Gasteiger partial charge in [-0.3, -0.25) is 4.79 Å². The summed E-state index contributed by atoms with van der Waals surface area (Å²) in [6, 6.07) is 2.66. The molecule has 3 N–H and O–H groups in total. The van der Waals surface area contributed by atoms with Crippen molar-refractivity contribution in [2.45, 2.75) is 37.5 Å². The van der Waals surface area contributed by atoms with E-state index in [2.05, 4.69) is 10.3 Å². The molecule has 1 aliphatic carbocycles. The predicted octanol–water partition coefficient (Wildman–Crippen LogP) is 1.78. The van der Waals surface area contributed by atoms with Crippen LogP contribution in [0.4, 0.5) is 13.2 Å². The molecule has 0 radical (unpaired) electrons. The highest BCUT2D eigenvalue weighted by Crippen LogP contribution is 2.56. The molecule has 1 amide bonds. The third-order valence-electron chi connectivity index (χ3n) is 4.65. The number of nitrogens with one attached hydrogen (secondary N) is 1. The molecule has 1 aromatic carbocycles. The summed E-state index contributed by atoms with van der Waals surface area (Å²) < 4.78 is 52.7. The number of nitrogens with two attached hydrogens (primary N) is 1. The van der Waals surface area contributed by atoms with E-state index in [0.717, 1.165) is 12.1 Å². The van der Waals surface area contributed by atoms with Crippen LogP contribution in [0.3, 0.4) is 0 Å². The second-order valence-electron chi connectivity index (χ2n) is 6.60. The Morgan fingerprint density at radius 2 is 2.27 bits per heavy atom. The van der Waals surface area contributed by atoms with E-state index in [1.807, 2.05) is 0 Å². The van der Waals surface area contributed by atoms with Gasteiger partial charge in [0.2, 0.25) is 0 Å². The highest BCUT2D eigenvalue weighted by atomic mass is 19.3. The number of rotatable bonds is 6. The van der Waals surface area contributed by atoms with Gasteiger partial charge >= 0.3 is 0 Å². The fourth-order valence-electron chi connectivity index (χ4n) is 3.37. The van der Waals surface area contributed by atoms with E-state index in [1.165, 1.54) is 13.2 Å². The van der Waals surface area contributed by atoms with Gasteiger partial charge in [0.25, 0.3) is 18.4 Å². The molecule has 0 bridgehead atoms. The van der Waals surface area contributed by atoms with Gasteiger partial charge in [0, 0.05) is 30.2 Å². The summed E-state index contributed by atoms with van der Waals surface area (Å²) in [6.07, 6.45) is -3.21. The van der Waals surface area contributed by atoms with Crippen molar-refractivity contribution in [3.63, 3.8) is 0 Å². The molecule has 1 fully saturated rings. The minimum Gasteiger partial charge on any atom is -0.462 e. The van der Waals surface area contributed by atoms with Crippen molar-refractivity contribution in [2.75, 3.05) is 13.7 Å². The fourth-order valence-corrected chi connectivity index (χ4v) is 3.37. The molecule has 1 unspecified atom stereocenters. The average Bonchev–Trinajstić information content (AvgIpc) is 3.33. The number of carbonyl (C=O) groups excluding carboxylic acids is 1. The molecule has 0 spiro atoms. The van der Waals surface area contributed by atoms with Crippen LogP contribution >= 0.6 is 0 Å². The zero-order chi connectivity index (χ0) is 19.1. The Labute approximate surface area is 148 Å². The minimum absolute atomic E-state index is 0.0573. The van der Waals surface area contributed by atoms with E-state index >= 15 is 0 Å². The van der Waals surface area contributed by atoms with Crippen LogP contribution in [-0.2, 0) is 15.0 Å². The molecule has 4 atom stereocenters. The Morgan fingerprint density at radius 3 is 2.92 bits per heavy atom. The van der Waals surface area contributed by atoms with Crippen molar-refractivity contribution in [2.24, 2.45) is 16.6 Å². The van der Waals surface area contributed by atoms with Crippen molar-refractivity contribution >= 4 is 11.9 Å². The van der Waals surface area contributed by atoms with Crippen molar-refractivity contribution in [1.29, 1.82) is 0 Å². The summed E-state index contributed by atoms with van der Waals surface area (Å²) >= 11 is 0. The molecule has 9 heteroatoms. The maximum atomic E-state index is 14.5. The van der Waals surface area contributed by atoms with Crippen molar-refractivity contribution in [3.05, 3.63) is 35.1 Å². The lowest BCUT2D eigenvalue weighted by Crippen LogP contribution is -2.43. The number of fused-ring (bicyclic) bond motifs is 1. The molecular formula is C17H20F3N3O3. The number of benzene rings is 1. The van der Waals surface area contributed by atoms with Gasteiger partial charge in [-0.15, -0.1) is 0 Å². The molecular weight excluding hydrogens is 351 g/mol. The Kier molecular flexibility index (Phi) is 4.83. The highest BCUT2D eigenvalue weighted by molar-refractivity contribution is 5.94. The number of ether oxygens (including phenoxy) is 2. The topological polar surface area (TPSA) is 85.9 Å². The molecule has 2 aliphatic rings. The molecule has 3 rings (SSSR count). The number of amides is 1. The molecule has 1 heterocycles. The van der Waals surface area contributed by atoms with E-state index < -0.39 is 41.7 Å². The van der Waals surface area contributed by atoms with E-state index in [0.29, 0.717) is 6.42 Å². The zero-order valence-electron chi connectivity index (χ0n) is 14.3. The molecule has 1 aliphatic heterocycles.